The Labute approximate surface area is 129 Å². The number of aromatic nitrogens is 2. The maximum Gasteiger partial charge on any atom is 0.241 e. The third-order valence-electron chi connectivity index (χ3n) is 4.13. The summed E-state index contributed by atoms with van der Waals surface area (Å²) in [6, 6.07) is 6.12. The van der Waals surface area contributed by atoms with Crippen LogP contribution in [-0.2, 0) is 6.54 Å². The van der Waals surface area contributed by atoms with E-state index in [1.54, 1.807) is 12.1 Å². The van der Waals surface area contributed by atoms with Gasteiger partial charge in [0.25, 0.3) is 0 Å². The number of halogens is 1. The van der Waals surface area contributed by atoms with E-state index in [0.29, 0.717) is 18.3 Å². The molecule has 1 aromatic heterocycles. The molecule has 0 unspecified atom stereocenters. The van der Waals surface area contributed by atoms with Crippen molar-refractivity contribution >= 4 is 0 Å². The van der Waals surface area contributed by atoms with Gasteiger partial charge in [0.1, 0.15) is 5.82 Å². The van der Waals surface area contributed by atoms with Crippen LogP contribution in [0.15, 0.2) is 28.8 Å². The van der Waals surface area contributed by atoms with Gasteiger partial charge in [-0.15, -0.1) is 0 Å². The van der Waals surface area contributed by atoms with Gasteiger partial charge in [-0.1, -0.05) is 5.16 Å². The molecule has 1 aliphatic heterocycles. The number of likely N-dealkylation sites (tertiary alicyclic amines) is 1. The number of rotatable bonds is 5. The fraction of sp³-hybridized carbons (Fsp3) is 0.500. The highest BCUT2D eigenvalue weighted by molar-refractivity contribution is 5.53. The Balaban J connectivity index is 1.57. The summed E-state index contributed by atoms with van der Waals surface area (Å²) >= 11 is 0. The van der Waals surface area contributed by atoms with Crippen LogP contribution >= 0.6 is 0 Å². The van der Waals surface area contributed by atoms with Gasteiger partial charge in [-0.3, -0.25) is 4.90 Å². The zero-order valence-corrected chi connectivity index (χ0v) is 12.8. The summed E-state index contributed by atoms with van der Waals surface area (Å²) in [7, 11) is 2.00. The van der Waals surface area contributed by atoms with Gasteiger partial charge in [-0.2, -0.15) is 4.98 Å². The highest BCUT2D eigenvalue weighted by Gasteiger charge is 2.20. The van der Waals surface area contributed by atoms with Gasteiger partial charge in [0.2, 0.25) is 11.7 Å². The van der Waals surface area contributed by atoms with Crippen LogP contribution in [0.3, 0.4) is 0 Å². The van der Waals surface area contributed by atoms with Gasteiger partial charge in [-0.05, 0) is 69.7 Å². The molecule has 22 heavy (non-hydrogen) atoms. The van der Waals surface area contributed by atoms with Crippen molar-refractivity contribution < 1.29 is 8.91 Å². The number of hydrogen-bond donors (Lipinski definition) is 1. The quantitative estimate of drug-likeness (QED) is 0.918. The van der Waals surface area contributed by atoms with Crippen molar-refractivity contribution in [2.45, 2.75) is 19.4 Å². The van der Waals surface area contributed by atoms with Gasteiger partial charge in [0.15, 0.2) is 0 Å². The molecule has 6 heteroatoms. The van der Waals surface area contributed by atoms with E-state index < -0.39 is 0 Å². The molecule has 1 aliphatic rings. The predicted octanol–water partition coefficient (Wildman–Crippen LogP) is 2.31. The van der Waals surface area contributed by atoms with E-state index in [4.69, 9.17) is 4.52 Å². The van der Waals surface area contributed by atoms with Gasteiger partial charge in [0.05, 0.1) is 6.54 Å². The monoisotopic (exact) mass is 304 g/mol. The maximum atomic E-state index is 12.9. The smallest absolute Gasteiger partial charge is 0.241 e. The van der Waals surface area contributed by atoms with Crippen LogP contribution in [0, 0.1) is 11.7 Å². The highest BCUT2D eigenvalue weighted by Crippen LogP contribution is 2.20. The Morgan fingerprint density at radius 1 is 1.27 bits per heavy atom. The molecule has 0 spiro atoms. The topological polar surface area (TPSA) is 54.2 Å². The van der Waals surface area contributed by atoms with E-state index in [1.165, 1.54) is 25.0 Å². The molecule has 0 radical (unpaired) electrons. The molecule has 2 aromatic rings. The lowest BCUT2D eigenvalue weighted by Gasteiger charge is -2.30. The SMILES string of the molecule is CNCC1CCN(Cc2nc(-c3ccc(F)cc3)no2)CC1. The summed E-state index contributed by atoms with van der Waals surface area (Å²) in [6.07, 6.45) is 2.39. The first-order valence-electron chi connectivity index (χ1n) is 7.70. The van der Waals surface area contributed by atoms with E-state index in [1.807, 2.05) is 7.05 Å². The number of nitrogens with one attached hydrogen (secondary N) is 1. The van der Waals surface area contributed by atoms with Crippen LogP contribution in [0.4, 0.5) is 4.39 Å². The summed E-state index contributed by atoms with van der Waals surface area (Å²) in [6.45, 7) is 3.88. The average Bonchev–Trinajstić information content (AvgIpc) is 2.99. The van der Waals surface area contributed by atoms with Gasteiger partial charge >= 0.3 is 0 Å². The second-order valence-electron chi connectivity index (χ2n) is 5.80. The molecule has 0 saturated carbocycles. The highest BCUT2D eigenvalue weighted by atomic mass is 19.1. The van der Waals surface area contributed by atoms with Gasteiger partial charge in [-0.25, -0.2) is 4.39 Å². The number of piperidine rings is 1. The molecule has 5 nitrogen and oxygen atoms in total. The maximum absolute atomic E-state index is 12.9. The van der Waals surface area contributed by atoms with E-state index in [2.05, 4.69) is 20.4 Å². The van der Waals surface area contributed by atoms with E-state index in [-0.39, 0.29) is 5.82 Å². The van der Waals surface area contributed by atoms with Crippen LogP contribution in [-0.4, -0.2) is 41.7 Å². The van der Waals surface area contributed by atoms with Gasteiger partial charge in [0, 0.05) is 5.56 Å². The second-order valence-corrected chi connectivity index (χ2v) is 5.80. The van der Waals surface area contributed by atoms with Gasteiger partial charge < -0.3 is 9.84 Å². The molecule has 3 rings (SSSR count). The lowest BCUT2D eigenvalue weighted by atomic mass is 9.97. The van der Waals surface area contributed by atoms with Crippen LogP contribution in [0.1, 0.15) is 18.7 Å². The minimum atomic E-state index is -0.267. The van der Waals surface area contributed by atoms with Crippen molar-refractivity contribution in [2.24, 2.45) is 5.92 Å². The molecule has 0 amide bonds. The first-order chi connectivity index (χ1) is 10.7. The van der Waals surface area contributed by atoms with E-state index in [9.17, 15) is 4.39 Å². The molecule has 2 heterocycles. The zero-order valence-electron chi connectivity index (χ0n) is 12.8. The number of hydrogen-bond acceptors (Lipinski definition) is 5. The van der Waals surface area contributed by atoms with Crippen molar-refractivity contribution in [1.29, 1.82) is 0 Å². The number of benzene rings is 1. The van der Waals surface area contributed by atoms with E-state index in [0.717, 1.165) is 31.1 Å². The minimum absolute atomic E-state index is 0.267. The summed E-state index contributed by atoms with van der Waals surface area (Å²) in [4.78, 5) is 6.75. The summed E-state index contributed by atoms with van der Waals surface area (Å²) in [5.74, 6) is 1.63. The van der Waals surface area contributed by atoms with Crippen molar-refractivity contribution in [2.75, 3.05) is 26.7 Å². The molecule has 1 N–H and O–H groups in total. The lowest BCUT2D eigenvalue weighted by molar-refractivity contribution is 0.159. The zero-order chi connectivity index (χ0) is 15.4. The molecular formula is C16H21FN4O. The van der Waals surface area contributed by atoms with E-state index >= 15 is 0 Å². The third kappa shape index (κ3) is 3.69. The lowest BCUT2D eigenvalue weighted by Crippen LogP contribution is -2.36. The third-order valence-corrected chi connectivity index (χ3v) is 4.13. The Morgan fingerprint density at radius 3 is 2.68 bits per heavy atom. The van der Waals surface area contributed by atoms with Crippen LogP contribution in [0.25, 0.3) is 11.4 Å². The fourth-order valence-corrected chi connectivity index (χ4v) is 2.86. The first kappa shape index (κ1) is 15.1. The average molecular weight is 304 g/mol. The Morgan fingerprint density at radius 2 is 2.00 bits per heavy atom. The standard InChI is InChI=1S/C16H21FN4O/c1-18-10-12-6-8-21(9-7-12)11-15-19-16(20-22-15)13-2-4-14(17)5-3-13/h2-5,12,18H,6-11H2,1H3. The molecular weight excluding hydrogens is 283 g/mol. The molecule has 1 saturated heterocycles. The second kappa shape index (κ2) is 6.98. The van der Waals surface area contributed by atoms with Crippen molar-refractivity contribution in [3.8, 4) is 11.4 Å². The van der Waals surface area contributed by atoms with Crippen molar-refractivity contribution in [3.05, 3.63) is 36.0 Å². The molecule has 0 bridgehead atoms. The van der Waals surface area contributed by atoms with Crippen LogP contribution in [0.5, 0.6) is 0 Å². The van der Waals surface area contributed by atoms with Crippen LogP contribution in [0.2, 0.25) is 0 Å². The Bertz CT molecular complexity index is 590. The van der Waals surface area contributed by atoms with Crippen LogP contribution < -0.4 is 5.32 Å². The largest absolute Gasteiger partial charge is 0.338 e. The fourth-order valence-electron chi connectivity index (χ4n) is 2.86. The van der Waals surface area contributed by atoms with Crippen molar-refractivity contribution in [3.63, 3.8) is 0 Å². The number of nitrogens with zero attached hydrogens (tertiary/aromatic N) is 3. The first-order valence-corrected chi connectivity index (χ1v) is 7.70. The Hall–Kier alpha value is -1.79. The van der Waals surface area contributed by atoms with Crippen molar-refractivity contribution in [1.82, 2.24) is 20.4 Å². The molecule has 0 aliphatic carbocycles. The normalized spacial score (nSPS) is 17.0. The summed E-state index contributed by atoms with van der Waals surface area (Å²) < 4.78 is 18.2. The predicted molar refractivity (Wildman–Crippen MR) is 81.6 cm³/mol. The minimum Gasteiger partial charge on any atom is -0.338 e. The summed E-state index contributed by atoms with van der Waals surface area (Å²) in [5, 5.41) is 7.22. The molecule has 0 atom stereocenters. The Kier molecular flexibility index (Phi) is 4.80. The molecule has 118 valence electrons. The summed E-state index contributed by atoms with van der Waals surface area (Å²) in [5.41, 5.74) is 0.768. The molecule has 1 aromatic carbocycles. The molecule has 1 fully saturated rings.